The van der Waals surface area contributed by atoms with Crippen LogP contribution in [0.25, 0.3) is 16.6 Å². The highest BCUT2D eigenvalue weighted by Crippen LogP contribution is 2.25. The van der Waals surface area contributed by atoms with E-state index in [1.807, 2.05) is 43.3 Å². The predicted molar refractivity (Wildman–Crippen MR) is 84.0 cm³/mol. The Bertz CT molecular complexity index is 788. The van der Waals surface area contributed by atoms with Crippen LogP contribution in [0.1, 0.15) is 22.8 Å². The molecular formula is C18H17NO2. The van der Waals surface area contributed by atoms with Gasteiger partial charge in [0.1, 0.15) is 0 Å². The number of fused-ring (bicyclic) bond motifs is 1. The lowest BCUT2D eigenvalue weighted by Crippen LogP contribution is -2.04. The first-order valence-corrected chi connectivity index (χ1v) is 7.05. The van der Waals surface area contributed by atoms with Gasteiger partial charge in [0.25, 0.3) is 0 Å². The highest BCUT2D eigenvalue weighted by atomic mass is 16.5. The number of hydrogen-bond donors (Lipinski definition) is 0. The number of rotatable bonds is 3. The summed E-state index contributed by atoms with van der Waals surface area (Å²) in [6.07, 6.45) is 2.09. The lowest BCUT2D eigenvalue weighted by atomic mass is 10.1. The molecule has 1 heterocycles. The molecule has 3 aromatic rings. The van der Waals surface area contributed by atoms with E-state index >= 15 is 0 Å². The predicted octanol–water partition coefficient (Wildman–Crippen LogP) is 4.12. The van der Waals surface area contributed by atoms with Crippen LogP contribution in [-0.2, 0) is 4.74 Å². The van der Waals surface area contributed by atoms with E-state index in [9.17, 15) is 4.79 Å². The number of para-hydroxylation sites is 1. The topological polar surface area (TPSA) is 31.2 Å². The third-order valence-electron chi connectivity index (χ3n) is 3.55. The Kier molecular flexibility index (Phi) is 3.48. The molecule has 0 saturated carbocycles. The molecule has 3 rings (SSSR count). The van der Waals surface area contributed by atoms with E-state index < -0.39 is 0 Å². The number of esters is 1. The van der Waals surface area contributed by atoms with Crippen molar-refractivity contribution in [2.75, 3.05) is 6.61 Å². The zero-order valence-electron chi connectivity index (χ0n) is 12.2. The van der Waals surface area contributed by atoms with Crippen molar-refractivity contribution in [1.29, 1.82) is 0 Å². The normalized spacial score (nSPS) is 10.8. The maximum atomic E-state index is 11.8. The van der Waals surface area contributed by atoms with Crippen LogP contribution in [0.15, 0.2) is 54.7 Å². The fourth-order valence-electron chi connectivity index (χ4n) is 2.54. The van der Waals surface area contributed by atoms with Crippen LogP contribution in [0, 0.1) is 6.92 Å². The van der Waals surface area contributed by atoms with Gasteiger partial charge in [-0.05, 0) is 49.7 Å². The lowest BCUT2D eigenvalue weighted by molar-refractivity contribution is 0.0526. The van der Waals surface area contributed by atoms with Crippen molar-refractivity contribution < 1.29 is 9.53 Å². The van der Waals surface area contributed by atoms with Crippen LogP contribution < -0.4 is 0 Å². The second-order valence-corrected chi connectivity index (χ2v) is 4.97. The standard InChI is InChI=1S/C18H17NO2/c1-3-21-18(20)14-9-10-17-16(11-14)13(2)12-19(17)15-7-5-4-6-8-15/h4-12H,3H2,1-2H3. The molecule has 0 fully saturated rings. The molecule has 0 saturated heterocycles. The van der Waals surface area contributed by atoms with Crippen LogP contribution in [0.2, 0.25) is 0 Å². The van der Waals surface area contributed by atoms with E-state index in [2.05, 4.69) is 29.8 Å². The summed E-state index contributed by atoms with van der Waals surface area (Å²) in [5, 5.41) is 1.07. The number of carbonyl (C=O) groups excluding carboxylic acids is 1. The fourth-order valence-corrected chi connectivity index (χ4v) is 2.54. The Balaban J connectivity index is 2.13. The van der Waals surface area contributed by atoms with Gasteiger partial charge in [0.2, 0.25) is 0 Å². The first kappa shape index (κ1) is 13.4. The Labute approximate surface area is 123 Å². The van der Waals surface area contributed by atoms with Gasteiger partial charge < -0.3 is 9.30 Å². The number of carbonyl (C=O) groups is 1. The summed E-state index contributed by atoms with van der Waals surface area (Å²) >= 11 is 0. The molecular weight excluding hydrogens is 262 g/mol. The van der Waals surface area contributed by atoms with Crippen molar-refractivity contribution in [3.05, 3.63) is 65.9 Å². The summed E-state index contributed by atoms with van der Waals surface area (Å²) < 4.78 is 7.20. The van der Waals surface area contributed by atoms with Crippen molar-refractivity contribution >= 4 is 16.9 Å². The van der Waals surface area contributed by atoms with E-state index in [0.717, 1.165) is 22.2 Å². The van der Waals surface area contributed by atoms with E-state index in [4.69, 9.17) is 4.74 Å². The molecule has 0 N–H and O–H groups in total. The van der Waals surface area contributed by atoms with Crippen molar-refractivity contribution in [3.8, 4) is 5.69 Å². The minimum atomic E-state index is -0.272. The minimum absolute atomic E-state index is 0.272. The van der Waals surface area contributed by atoms with Crippen LogP contribution >= 0.6 is 0 Å². The first-order valence-electron chi connectivity index (χ1n) is 7.05. The van der Waals surface area contributed by atoms with Gasteiger partial charge in [0.05, 0.1) is 17.7 Å². The van der Waals surface area contributed by atoms with E-state index in [1.165, 1.54) is 0 Å². The maximum Gasteiger partial charge on any atom is 0.338 e. The van der Waals surface area contributed by atoms with Gasteiger partial charge >= 0.3 is 5.97 Å². The zero-order valence-corrected chi connectivity index (χ0v) is 12.2. The quantitative estimate of drug-likeness (QED) is 0.675. The molecule has 0 aliphatic heterocycles. The fraction of sp³-hybridized carbons (Fsp3) is 0.167. The highest BCUT2D eigenvalue weighted by molar-refractivity contribution is 5.96. The average molecular weight is 279 g/mol. The zero-order chi connectivity index (χ0) is 14.8. The number of aryl methyl sites for hydroxylation is 1. The van der Waals surface area contributed by atoms with Crippen molar-refractivity contribution in [2.45, 2.75) is 13.8 Å². The van der Waals surface area contributed by atoms with Gasteiger partial charge in [0, 0.05) is 17.3 Å². The average Bonchev–Trinajstić information content (AvgIpc) is 2.85. The third-order valence-corrected chi connectivity index (χ3v) is 3.55. The summed E-state index contributed by atoms with van der Waals surface area (Å²) in [6.45, 7) is 4.26. The minimum Gasteiger partial charge on any atom is -0.462 e. The molecule has 0 unspecified atom stereocenters. The molecule has 0 spiro atoms. The first-order chi connectivity index (χ1) is 10.2. The molecule has 2 aromatic carbocycles. The van der Waals surface area contributed by atoms with Crippen molar-refractivity contribution in [1.82, 2.24) is 4.57 Å². The van der Waals surface area contributed by atoms with Crippen LogP contribution in [-0.4, -0.2) is 17.1 Å². The Morgan fingerprint density at radius 1 is 1.14 bits per heavy atom. The number of benzene rings is 2. The number of nitrogens with zero attached hydrogens (tertiary/aromatic N) is 1. The van der Waals surface area contributed by atoms with E-state index in [0.29, 0.717) is 12.2 Å². The highest BCUT2D eigenvalue weighted by Gasteiger charge is 2.11. The van der Waals surface area contributed by atoms with Gasteiger partial charge in [-0.15, -0.1) is 0 Å². The van der Waals surface area contributed by atoms with E-state index in [1.54, 1.807) is 0 Å². The summed E-state index contributed by atoms with van der Waals surface area (Å²) in [5.74, 6) is -0.272. The molecule has 0 bridgehead atoms. The van der Waals surface area contributed by atoms with Gasteiger partial charge in [-0.25, -0.2) is 4.79 Å². The Hall–Kier alpha value is -2.55. The van der Waals surface area contributed by atoms with Gasteiger partial charge in [-0.1, -0.05) is 18.2 Å². The van der Waals surface area contributed by atoms with Crippen molar-refractivity contribution in [2.24, 2.45) is 0 Å². The third kappa shape index (κ3) is 2.42. The summed E-state index contributed by atoms with van der Waals surface area (Å²) in [5.41, 5.74) is 3.93. The lowest BCUT2D eigenvalue weighted by Gasteiger charge is -2.06. The molecule has 0 aliphatic carbocycles. The number of ether oxygens (including phenoxy) is 1. The van der Waals surface area contributed by atoms with Crippen LogP contribution in [0.5, 0.6) is 0 Å². The van der Waals surface area contributed by atoms with Gasteiger partial charge in [0.15, 0.2) is 0 Å². The van der Waals surface area contributed by atoms with Gasteiger partial charge in [-0.2, -0.15) is 0 Å². The van der Waals surface area contributed by atoms with E-state index in [-0.39, 0.29) is 5.97 Å². The van der Waals surface area contributed by atoms with Crippen LogP contribution in [0.4, 0.5) is 0 Å². The summed E-state index contributed by atoms with van der Waals surface area (Å²) in [4.78, 5) is 11.8. The maximum absolute atomic E-state index is 11.8. The molecule has 3 heteroatoms. The van der Waals surface area contributed by atoms with Gasteiger partial charge in [-0.3, -0.25) is 0 Å². The molecule has 21 heavy (non-hydrogen) atoms. The molecule has 0 amide bonds. The SMILES string of the molecule is CCOC(=O)c1ccc2c(c1)c(C)cn2-c1ccccc1. The number of hydrogen-bond acceptors (Lipinski definition) is 2. The summed E-state index contributed by atoms with van der Waals surface area (Å²) in [6, 6.07) is 15.9. The summed E-state index contributed by atoms with van der Waals surface area (Å²) in [7, 11) is 0. The van der Waals surface area contributed by atoms with Crippen molar-refractivity contribution in [3.63, 3.8) is 0 Å². The smallest absolute Gasteiger partial charge is 0.338 e. The number of aromatic nitrogens is 1. The molecule has 1 aromatic heterocycles. The Morgan fingerprint density at radius 2 is 1.90 bits per heavy atom. The molecule has 3 nitrogen and oxygen atoms in total. The molecule has 0 atom stereocenters. The van der Waals surface area contributed by atoms with Crippen LogP contribution in [0.3, 0.4) is 0 Å². The monoisotopic (exact) mass is 279 g/mol. The Morgan fingerprint density at radius 3 is 2.62 bits per heavy atom. The second-order valence-electron chi connectivity index (χ2n) is 4.97. The second kappa shape index (κ2) is 5.44. The molecule has 0 aliphatic rings. The molecule has 106 valence electrons. The largest absolute Gasteiger partial charge is 0.462 e. The molecule has 0 radical (unpaired) electrons.